The highest BCUT2D eigenvalue weighted by Gasteiger charge is 2.36. The van der Waals surface area contributed by atoms with Crippen molar-refractivity contribution in [3.8, 4) is 0 Å². The molecule has 1 fully saturated rings. The summed E-state index contributed by atoms with van der Waals surface area (Å²) in [5.74, 6) is 0. The highest BCUT2D eigenvalue weighted by atomic mass is 32.2. The molecule has 3 unspecified atom stereocenters. The molecule has 1 N–H and O–H groups in total. The molecular formula is C21H25N5O6S. The molecule has 0 bridgehead atoms. The van der Waals surface area contributed by atoms with Gasteiger partial charge in [0, 0.05) is 29.3 Å². The highest BCUT2D eigenvalue weighted by molar-refractivity contribution is 7.94. The van der Waals surface area contributed by atoms with Gasteiger partial charge in [-0.3, -0.25) is 9.36 Å². The van der Waals surface area contributed by atoms with E-state index in [1.807, 2.05) is 6.92 Å². The van der Waals surface area contributed by atoms with Crippen LogP contribution in [0.5, 0.6) is 0 Å². The van der Waals surface area contributed by atoms with Gasteiger partial charge in [-0.15, -0.1) is 0 Å². The number of nitrogens with zero attached hydrogens (tertiary/aromatic N) is 5. The first kappa shape index (κ1) is 24.5. The number of rotatable bonds is 6. The standard InChI is InChI=1S/C21H25N5O6S/c1-12-7-13(2)19(14(3)8-12)33(30,31)6-5-25-20(28)15(4)10-26(21(25)29)18-9-16(23-24-22)17(11-27)32-18/h5-8,10,16-18,27H,9,11H2,1-4H3/b6-5+. The van der Waals surface area contributed by atoms with E-state index in [9.17, 15) is 23.1 Å². The molecule has 1 aliphatic heterocycles. The number of aliphatic hydroxyl groups is 1. The van der Waals surface area contributed by atoms with Crippen molar-refractivity contribution < 1.29 is 18.3 Å². The molecule has 0 radical (unpaired) electrons. The maximum atomic E-state index is 13.1. The van der Waals surface area contributed by atoms with Crippen LogP contribution in [0.1, 0.15) is 34.9 Å². The van der Waals surface area contributed by atoms with Gasteiger partial charge in [0.15, 0.2) is 0 Å². The molecule has 3 rings (SSSR count). The number of ether oxygens (including phenoxy) is 1. The van der Waals surface area contributed by atoms with E-state index in [-0.39, 0.29) is 16.9 Å². The van der Waals surface area contributed by atoms with E-state index in [0.29, 0.717) is 15.7 Å². The van der Waals surface area contributed by atoms with Crippen molar-refractivity contribution in [2.45, 2.75) is 57.4 Å². The number of aliphatic hydroxyl groups excluding tert-OH is 1. The Hall–Kier alpha value is -3.18. The fraction of sp³-hybridized carbons (Fsp3) is 0.429. The van der Waals surface area contributed by atoms with Crippen molar-refractivity contribution in [3.63, 3.8) is 0 Å². The van der Waals surface area contributed by atoms with Gasteiger partial charge in [0.05, 0.1) is 29.1 Å². The average molecular weight is 476 g/mol. The molecule has 1 aromatic carbocycles. The first-order valence-electron chi connectivity index (χ1n) is 10.2. The van der Waals surface area contributed by atoms with Gasteiger partial charge in [-0.25, -0.2) is 17.8 Å². The van der Waals surface area contributed by atoms with Crippen LogP contribution in [0.15, 0.2) is 43.3 Å². The number of hydrogen-bond donors (Lipinski definition) is 1. The van der Waals surface area contributed by atoms with E-state index in [2.05, 4.69) is 10.0 Å². The molecule has 0 spiro atoms. The molecule has 0 aliphatic carbocycles. The van der Waals surface area contributed by atoms with Crippen LogP contribution in [0.4, 0.5) is 0 Å². The van der Waals surface area contributed by atoms with E-state index in [1.165, 1.54) is 13.1 Å². The van der Waals surface area contributed by atoms with Gasteiger partial charge in [0.25, 0.3) is 5.56 Å². The highest BCUT2D eigenvalue weighted by Crippen LogP contribution is 2.30. The Morgan fingerprint density at radius 1 is 1.21 bits per heavy atom. The van der Waals surface area contributed by atoms with Crippen molar-refractivity contribution in [3.05, 3.63) is 77.3 Å². The predicted octanol–water partition coefficient (Wildman–Crippen LogP) is 2.10. The van der Waals surface area contributed by atoms with E-state index in [4.69, 9.17) is 10.3 Å². The lowest BCUT2D eigenvalue weighted by molar-refractivity contribution is -0.0274. The van der Waals surface area contributed by atoms with Crippen LogP contribution in [0, 0.1) is 27.7 Å². The van der Waals surface area contributed by atoms with Crippen LogP contribution in [0.3, 0.4) is 0 Å². The Kier molecular flexibility index (Phi) is 6.94. The fourth-order valence-corrected chi connectivity index (χ4v) is 5.55. The first-order valence-corrected chi connectivity index (χ1v) is 11.7. The Labute approximate surface area is 190 Å². The molecule has 1 saturated heterocycles. The zero-order valence-corrected chi connectivity index (χ0v) is 19.5. The molecule has 33 heavy (non-hydrogen) atoms. The lowest BCUT2D eigenvalue weighted by atomic mass is 10.1. The molecule has 1 aromatic heterocycles. The molecule has 1 aliphatic rings. The second-order valence-corrected chi connectivity index (χ2v) is 9.83. The number of sulfone groups is 1. The summed E-state index contributed by atoms with van der Waals surface area (Å²) in [6.45, 7) is 6.29. The third-order valence-electron chi connectivity index (χ3n) is 5.49. The van der Waals surface area contributed by atoms with Crippen LogP contribution in [0.2, 0.25) is 0 Å². The summed E-state index contributed by atoms with van der Waals surface area (Å²) >= 11 is 0. The largest absolute Gasteiger partial charge is 0.394 e. The van der Waals surface area contributed by atoms with Crippen LogP contribution in [-0.4, -0.2) is 41.4 Å². The average Bonchev–Trinajstić information content (AvgIpc) is 3.12. The lowest BCUT2D eigenvalue weighted by Gasteiger charge is -2.16. The number of hydrogen-bond acceptors (Lipinski definition) is 7. The minimum absolute atomic E-state index is 0.108. The smallest absolute Gasteiger partial charge is 0.337 e. The number of azide groups is 1. The number of benzene rings is 1. The van der Waals surface area contributed by atoms with Gasteiger partial charge < -0.3 is 9.84 Å². The molecule has 0 amide bonds. The first-order chi connectivity index (χ1) is 15.5. The number of aryl methyl sites for hydroxylation is 4. The van der Waals surface area contributed by atoms with Gasteiger partial charge in [0.1, 0.15) is 6.23 Å². The predicted molar refractivity (Wildman–Crippen MR) is 121 cm³/mol. The van der Waals surface area contributed by atoms with Crippen molar-refractivity contribution in [1.82, 2.24) is 9.13 Å². The van der Waals surface area contributed by atoms with Crippen molar-refractivity contribution in [2.75, 3.05) is 6.61 Å². The maximum Gasteiger partial charge on any atom is 0.337 e. The molecular weight excluding hydrogens is 450 g/mol. The molecule has 12 heteroatoms. The SMILES string of the molecule is Cc1cc(C)c(S(=O)(=O)/C=C/n2c(=O)c(C)cn(C3CC(N=[N+]=[N-])C(CO)O3)c2=O)c(C)c1. The van der Waals surface area contributed by atoms with Crippen LogP contribution in [0.25, 0.3) is 16.6 Å². The van der Waals surface area contributed by atoms with E-state index >= 15 is 0 Å². The van der Waals surface area contributed by atoms with Gasteiger partial charge in [-0.05, 0) is 44.4 Å². The third-order valence-corrected chi connectivity index (χ3v) is 7.18. The number of aromatic nitrogens is 2. The minimum Gasteiger partial charge on any atom is -0.394 e. The van der Waals surface area contributed by atoms with Gasteiger partial charge in [-0.2, -0.15) is 0 Å². The second kappa shape index (κ2) is 9.36. The summed E-state index contributed by atoms with van der Waals surface area (Å²) in [5, 5.41) is 13.9. The van der Waals surface area contributed by atoms with E-state index in [0.717, 1.165) is 21.7 Å². The maximum absolute atomic E-state index is 13.1. The normalized spacial score (nSPS) is 20.8. The van der Waals surface area contributed by atoms with Crippen molar-refractivity contribution in [1.29, 1.82) is 0 Å². The molecule has 11 nitrogen and oxygen atoms in total. The van der Waals surface area contributed by atoms with Crippen LogP contribution < -0.4 is 11.2 Å². The summed E-state index contributed by atoms with van der Waals surface area (Å²) in [5.41, 5.74) is 9.43. The zero-order chi connectivity index (χ0) is 24.5. The van der Waals surface area contributed by atoms with Gasteiger partial charge in [-0.1, -0.05) is 22.8 Å². The van der Waals surface area contributed by atoms with Gasteiger partial charge >= 0.3 is 5.69 Å². The van der Waals surface area contributed by atoms with E-state index < -0.39 is 46.1 Å². The molecule has 2 aromatic rings. The summed E-state index contributed by atoms with van der Waals surface area (Å²) in [6, 6.07) is 2.80. The summed E-state index contributed by atoms with van der Waals surface area (Å²) in [7, 11) is -3.95. The molecule has 3 atom stereocenters. The van der Waals surface area contributed by atoms with Crippen molar-refractivity contribution in [2.24, 2.45) is 5.11 Å². The summed E-state index contributed by atoms with van der Waals surface area (Å²) in [6.07, 6.45) is 0.640. The Balaban J connectivity index is 2.06. The zero-order valence-electron chi connectivity index (χ0n) is 18.7. The Morgan fingerprint density at radius 3 is 2.42 bits per heavy atom. The fourth-order valence-electron chi connectivity index (χ4n) is 4.12. The summed E-state index contributed by atoms with van der Waals surface area (Å²) in [4.78, 5) is 28.5. The minimum atomic E-state index is -3.95. The van der Waals surface area contributed by atoms with Crippen molar-refractivity contribution >= 4 is 16.0 Å². The second-order valence-electron chi connectivity index (χ2n) is 8.05. The quantitative estimate of drug-likeness (QED) is 0.383. The third kappa shape index (κ3) is 4.79. The van der Waals surface area contributed by atoms with Crippen LogP contribution in [-0.2, 0) is 14.6 Å². The Bertz CT molecular complexity index is 1360. The Morgan fingerprint density at radius 2 is 1.85 bits per heavy atom. The topological polar surface area (TPSA) is 156 Å². The van der Waals surface area contributed by atoms with E-state index in [1.54, 1.807) is 26.0 Å². The molecule has 0 saturated carbocycles. The summed E-state index contributed by atoms with van der Waals surface area (Å²) < 4.78 is 33.5. The lowest BCUT2D eigenvalue weighted by Crippen LogP contribution is -2.39. The van der Waals surface area contributed by atoms with Crippen LogP contribution >= 0.6 is 0 Å². The molecule has 2 heterocycles. The monoisotopic (exact) mass is 475 g/mol. The molecule has 176 valence electrons. The van der Waals surface area contributed by atoms with Gasteiger partial charge in [0.2, 0.25) is 9.84 Å².